The van der Waals surface area contributed by atoms with Gasteiger partial charge in [0.1, 0.15) is 0 Å². The molecular formula is C32H34ClF3N10O2. The van der Waals surface area contributed by atoms with Crippen LogP contribution >= 0.6 is 11.6 Å². The van der Waals surface area contributed by atoms with Gasteiger partial charge in [0.2, 0.25) is 24.0 Å². The van der Waals surface area contributed by atoms with Crippen molar-refractivity contribution in [1.29, 1.82) is 5.26 Å². The number of alkyl halides is 3. The number of hydrogen-bond acceptors (Lipinski definition) is 9. The highest BCUT2D eigenvalue weighted by Gasteiger charge is 2.45. The van der Waals surface area contributed by atoms with Crippen molar-refractivity contribution >= 4 is 41.1 Å². The Morgan fingerprint density at radius 2 is 1.52 bits per heavy atom. The van der Waals surface area contributed by atoms with Crippen molar-refractivity contribution < 1.29 is 22.7 Å². The number of nitriles is 1. The summed E-state index contributed by atoms with van der Waals surface area (Å²) in [5, 5.41) is 16.1. The number of rotatable bonds is 8. The van der Waals surface area contributed by atoms with Crippen LogP contribution in [-0.2, 0) is 5.54 Å². The first-order valence-corrected chi connectivity index (χ1v) is 16.1. The molecule has 3 aromatic rings. The summed E-state index contributed by atoms with van der Waals surface area (Å²) in [6.45, 7) is 2.27. The van der Waals surface area contributed by atoms with Gasteiger partial charge in [-0.2, -0.15) is 33.4 Å². The van der Waals surface area contributed by atoms with Gasteiger partial charge in [-0.3, -0.25) is 4.79 Å². The van der Waals surface area contributed by atoms with E-state index >= 15 is 0 Å². The standard InChI is InChI=1S/C32H34ClF3N10O2/c33-24-8-6-23(7-9-24)31(12-13-31)43-28-40-27(41-29(42-28)48-20-32(34,35)36)39-25-10-4-22(5-11-25)26(47)44-16-18-46(19-17-44)30(38-21-37)45-14-2-1-3-15-45/h4-11H,1-3,12-20H2,(H2,39,40,41,42,43)/b38-30-. The molecule has 1 aliphatic carbocycles. The lowest BCUT2D eigenvalue weighted by Crippen LogP contribution is -2.55. The van der Waals surface area contributed by atoms with Crippen molar-refractivity contribution in [3.05, 3.63) is 64.7 Å². The van der Waals surface area contributed by atoms with Crippen LogP contribution in [-0.4, -0.2) is 93.6 Å². The molecule has 16 heteroatoms. The van der Waals surface area contributed by atoms with Crippen molar-refractivity contribution in [1.82, 2.24) is 29.7 Å². The molecule has 1 aromatic heterocycles. The molecule has 12 nitrogen and oxygen atoms in total. The minimum Gasteiger partial charge on any atom is -0.454 e. The average Bonchev–Trinajstić information content (AvgIpc) is 3.87. The van der Waals surface area contributed by atoms with E-state index in [1.165, 1.54) is 6.42 Å². The van der Waals surface area contributed by atoms with Crippen molar-refractivity contribution in [2.75, 3.05) is 56.5 Å². The van der Waals surface area contributed by atoms with Crippen LogP contribution in [0.5, 0.6) is 6.01 Å². The molecule has 3 aliphatic rings. The van der Waals surface area contributed by atoms with Crippen molar-refractivity contribution in [3.8, 4) is 12.2 Å². The largest absolute Gasteiger partial charge is 0.454 e. The Morgan fingerprint density at radius 1 is 0.896 bits per heavy atom. The summed E-state index contributed by atoms with van der Waals surface area (Å²) in [4.78, 5) is 35.9. The van der Waals surface area contributed by atoms with E-state index in [4.69, 9.17) is 16.3 Å². The number of aromatic nitrogens is 3. The van der Waals surface area contributed by atoms with Crippen LogP contribution in [0, 0.1) is 11.5 Å². The molecule has 2 aliphatic heterocycles. The number of nitrogens with one attached hydrogen (secondary N) is 2. The Bertz CT molecular complexity index is 1660. The van der Waals surface area contributed by atoms with Crippen LogP contribution in [0.25, 0.3) is 0 Å². The molecule has 2 aromatic carbocycles. The summed E-state index contributed by atoms with van der Waals surface area (Å²) >= 11 is 6.04. The molecule has 252 valence electrons. The highest BCUT2D eigenvalue weighted by molar-refractivity contribution is 6.30. The number of halogens is 4. The lowest BCUT2D eigenvalue weighted by atomic mass is 10.1. The van der Waals surface area contributed by atoms with Crippen molar-refractivity contribution in [3.63, 3.8) is 0 Å². The third-order valence-electron chi connectivity index (χ3n) is 8.50. The predicted molar refractivity (Wildman–Crippen MR) is 173 cm³/mol. The Labute approximate surface area is 280 Å². The second kappa shape index (κ2) is 14.1. The van der Waals surface area contributed by atoms with Crippen LogP contribution in [0.3, 0.4) is 0 Å². The predicted octanol–water partition coefficient (Wildman–Crippen LogP) is 5.39. The number of aliphatic imine (C=N–C) groups is 1. The van der Waals surface area contributed by atoms with Gasteiger partial charge in [-0.05, 0) is 74.1 Å². The van der Waals surface area contributed by atoms with E-state index in [1.807, 2.05) is 18.3 Å². The van der Waals surface area contributed by atoms with Gasteiger partial charge in [-0.25, -0.2) is 0 Å². The van der Waals surface area contributed by atoms with Gasteiger partial charge in [-0.1, -0.05) is 23.7 Å². The van der Waals surface area contributed by atoms with Crippen molar-refractivity contribution in [2.24, 2.45) is 4.99 Å². The Morgan fingerprint density at radius 3 is 2.15 bits per heavy atom. The highest BCUT2D eigenvalue weighted by atomic mass is 35.5. The first-order chi connectivity index (χ1) is 23.1. The molecule has 0 spiro atoms. The number of carbonyl (C=O) groups excluding carboxylic acids is 1. The molecule has 1 saturated carbocycles. The molecule has 2 N–H and O–H groups in total. The molecule has 2 saturated heterocycles. The third-order valence-corrected chi connectivity index (χ3v) is 8.76. The zero-order chi connectivity index (χ0) is 33.7. The van der Waals surface area contributed by atoms with Gasteiger partial charge in [0.15, 0.2) is 6.61 Å². The van der Waals surface area contributed by atoms with Crippen LogP contribution in [0.15, 0.2) is 53.5 Å². The smallest absolute Gasteiger partial charge is 0.422 e. The summed E-state index contributed by atoms with van der Waals surface area (Å²) < 4.78 is 43.7. The highest BCUT2D eigenvalue weighted by Crippen LogP contribution is 2.48. The molecule has 1 amide bonds. The summed E-state index contributed by atoms with van der Waals surface area (Å²) in [6, 6.07) is 13.5. The molecule has 3 heterocycles. The molecular weight excluding hydrogens is 649 g/mol. The maximum absolute atomic E-state index is 13.3. The van der Waals surface area contributed by atoms with E-state index in [1.54, 1.807) is 41.3 Å². The Kier molecular flexibility index (Phi) is 9.72. The molecule has 0 bridgehead atoms. The number of likely N-dealkylation sites (tertiary alicyclic amines) is 1. The molecule has 48 heavy (non-hydrogen) atoms. The minimum absolute atomic E-state index is 0.0321. The summed E-state index contributed by atoms with van der Waals surface area (Å²) in [5.41, 5.74) is 1.43. The number of ether oxygens (including phenoxy) is 1. The fourth-order valence-corrected chi connectivity index (χ4v) is 6.00. The van der Waals surface area contributed by atoms with Gasteiger partial charge < -0.3 is 30.1 Å². The van der Waals surface area contributed by atoms with E-state index in [2.05, 4.69) is 40.4 Å². The first kappa shape index (κ1) is 33.1. The fraction of sp³-hybridized carbons (Fsp3) is 0.438. The lowest BCUT2D eigenvalue weighted by Gasteiger charge is -2.40. The summed E-state index contributed by atoms with van der Waals surface area (Å²) in [5.74, 6) is 0.562. The second-order valence-electron chi connectivity index (χ2n) is 11.9. The maximum atomic E-state index is 13.3. The lowest BCUT2D eigenvalue weighted by molar-refractivity contribution is -0.154. The van der Waals surface area contributed by atoms with Crippen LogP contribution < -0.4 is 15.4 Å². The number of amides is 1. The third kappa shape index (κ3) is 8.17. The normalized spacial score (nSPS) is 17.8. The molecule has 6 rings (SSSR count). The van der Waals surface area contributed by atoms with Gasteiger partial charge >= 0.3 is 12.2 Å². The van der Waals surface area contributed by atoms with Gasteiger partial charge in [-0.15, -0.1) is 4.99 Å². The van der Waals surface area contributed by atoms with Gasteiger partial charge in [0.25, 0.3) is 5.91 Å². The van der Waals surface area contributed by atoms with Gasteiger partial charge in [0, 0.05) is 55.5 Å². The Balaban J connectivity index is 1.11. The molecule has 0 unspecified atom stereocenters. The SMILES string of the molecule is N#C/N=C(/N1CCCCC1)N1CCN(C(=O)c2ccc(Nc3nc(NC4(c5ccc(Cl)cc5)CC4)nc(OCC(F)(F)F)n3)cc2)CC1. The van der Waals surface area contributed by atoms with E-state index in [0.717, 1.165) is 44.3 Å². The zero-order valence-corrected chi connectivity index (χ0v) is 26.8. The number of hydrogen-bond donors (Lipinski definition) is 2. The number of piperazine rings is 1. The maximum Gasteiger partial charge on any atom is 0.422 e. The van der Waals surface area contributed by atoms with Crippen molar-refractivity contribution in [2.45, 2.75) is 43.8 Å². The number of guanidine groups is 1. The van der Waals surface area contributed by atoms with Gasteiger partial charge in [0.05, 0.1) is 5.54 Å². The Hall–Kier alpha value is -4.84. The summed E-state index contributed by atoms with van der Waals surface area (Å²) in [6.07, 6.45) is 2.18. The molecule has 3 fully saturated rings. The minimum atomic E-state index is -4.58. The first-order valence-electron chi connectivity index (χ1n) is 15.7. The second-order valence-corrected chi connectivity index (χ2v) is 12.4. The molecule has 0 radical (unpaired) electrons. The number of benzene rings is 2. The van der Waals surface area contributed by atoms with E-state index < -0.39 is 24.3 Å². The van der Waals surface area contributed by atoms with E-state index in [0.29, 0.717) is 48.4 Å². The number of piperidine rings is 1. The zero-order valence-electron chi connectivity index (χ0n) is 26.0. The molecule has 0 atom stereocenters. The monoisotopic (exact) mass is 682 g/mol. The number of nitrogens with zero attached hydrogens (tertiary/aromatic N) is 8. The number of carbonyl (C=O) groups is 1. The average molecular weight is 683 g/mol. The fourth-order valence-electron chi connectivity index (χ4n) is 5.87. The van der Waals surface area contributed by atoms with E-state index in [9.17, 15) is 23.2 Å². The topological polar surface area (TPSA) is 135 Å². The van der Waals surface area contributed by atoms with Crippen LogP contribution in [0.1, 0.15) is 48.0 Å². The summed E-state index contributed by atoms with van der Waals surface area (Å²) in [7, 11) is 0. The van der Waals surface area contributed by atoms with E-state index in [-0.39, 0.29) is 17.8 Å². The van der Waals surface area contributed by atoms with Crippen LogP contribution in [0.4, 0.5) is 30.8 Å². The quantitative estimate of drug-likeness (QED) is 0.181. The van der Waals surface area contributed by atoms with Crippen LogP contribution in [0.2, 0.25) is 5.02 Å². The number of anilines is 3.